The maximum Gasteiger partial charge on any atom is 0.230 e. The van der Waals surface area contributed by atoms with Gasteiger partial charge >= 0.3 is 0 Å². The number of amidine groups is 1. The third-order valence-electron chi connectivity index (χ3n) is 4.28. The summed E-state index contributed by atoms with van der Waals surface area (Å²) in [6.07, 6.45) is 10.8. The monoisotopic (exact) mass is 475 g/mol. The Labute approximate surface area is 187 Å². The first-order valence-corrected chi connectivity index (χ1v) is 10.9. The number of halogens is 1. The molecule has 0 aromatic heterocycles. The van der Waals surface area contributed by atoms with Crippen molar-refractivity contribution in [2.24, 2.45) is 4.99 Å². The number of hydrogen-bond donors (Lipinski definition) is 2. The second-order valence-corrected chi connectivity index (χ2v) is 7.78. The number of terminal acetylenes is 1. The lowest BCUT2D eigenvalue weighted by Gasteiger charge is -2.32. The Morgan fingerprint density at radius 2 is 2.27 bits per heavy atom. The molecule has 1 saturated heterocycles. The predicted octanol–water partition coefficient (Wildman–Crippen LogP) is 4.14. The van der Waals surface area contributed by atoms with Gasteiger partial charge in [-0.2, -0.15) is 4.99 Å². The zero-order valence-electron chi connectivity index (χ0n) is 17.6. The molecule has 2 N–H and O–H groups in total. The van der Waals surface area contributed by atoms with Crippen LogP contribution in [0.5, 0.6) is 5.75 Å². The molecule has 7 heteroatoms. The summed E-state index contributed by atoms with van der Waals surface area (Å²) >= 11 is 3.48. The van der Waals surface area contributed by atoms with Crippen molar-refractivity contribution in [2.75, 3.05) is 38.2 Å². The minimum Gasteiger partial charge on any atom is -0.491 e. The van der Waals surface area contributed by atoms with Crippen LogP contribution in [0, 0.1) is 12.3 Å². The zero-order chi connectivity index (χ0) is 21.8. The summed E-state index contributed by atoms with van der Waals surface area (Å²) < 4.78 is 12.0. The smallest absolute Gasteiger partial charge is 0.230 e. The summed E-state index contributed by atoms with van der Waals surface area (Å²) in [5.74, 6) is 4.18. The van der Waals surface area contributed by atoms with Gasteiger partial charge in [-0.3, -0.25) is 0 Å². The van der Waals surface area contributed by atoms with Crippen LogP contribution >= 0.6 is 15.9 Å². The third-order valence-corrected chi connectivity index (χ3v) is 4.89. The van der Waals surface area contributed by atoms with Crippen LogP contribution in [0.25, 0.3) is 0 Å². The second kappa shape index (κ2) is 13.1. The van der Waals surface area contributed by atoms with Crippen LogP contribution in [0.1, 0.15) is 26.7 Å². The molecule has 0 saturated carbocycles. The number of allylic oxidation sites excluding steroid dienone is 3. The van der Waals surface area contributed by atoms with E-state index in [0.29, 0.717) is 28.5 Å². The number of β-amino-alcohol motifs (C(OH)–C–C–N with tert-alkyl or cyclic N) is 1. The number of anilines is 1. The number of aliphatic hydroxyl groups excluding tert-OH is 1. The maximum atomic E-state index is 10.1. The molecule has 1 heterocycles. The van der Waals surface area contributed by atoms with Gasteiger partial charge in [0.2, 0.25) is 5.88 Å². The molecule has 2 rings (SSSR count). The van der Waals surface area contributed by atoms with E-state index in [0.717, 1.165) is 25.2 Å². The lowest BCUT2D eigenvalue weighted by molar-refractivity contribution is 0.0467. The van der Waals surface area contributed by atoms with Crippen LogP contribution in [0.15, 0.2) is 51.8 Å². The van der Waals surface area contributed by atoms with E-state index in [9.17, 15) is 5.11 Å². The second-order valence-electron chi connectivity index (χ2n) is 6.93. The maximum absolute atomic E-state index is 10.1. The number of nitrogens with zero attached hydrogens (tertiary/aromatic N) is 2. The number of rotatable bonds is 11. The minimum atomic E-state index is -0.500. The van der Waals surface area contributed by atoms with Gasteiger partial charge in [0.1, 0.15) is 24.3 Å². The topological polar surface area (TPSA) is 66.3 Å². The molecule has 1 aliphatic rings. The molecule has 0 aliphatic carbocycles. The molecule has 6 nitrogen and oxygen atoms in total. The third kappa shape index (κ3) is 8.62. The summed E-state index contributed by atoms with van der Waals surface area (Å²) in [5, 5.41) is 13.3. The van der Waals surface area contributed by atoms with Crippen molar-refractivity contribution in [3.8, 4) is 18.1 Å². The van der Waals surface area contributed by atoms with E-state index in [2.05, 4.69) is 37.1 Å². The fraction of sp³-hybridized carbons (Fsp3) is 0.435. The average molecular weight is 476 g/mol. The summed E-state index contributed by atoms with van der Waals surface area (Å²) in [4.78, 5) is 6.71. The van der Waals surface area contributed by atoms with Crippen LogP contribution in [-0.4, -0.2) is 54.8 Å². The van der Waals surface area contributed by atoms with E-state index in [-0.39, 0.29) is 13.2 Å². The van der Waals surface area contributed by atoms with Crippen molar-refractivity contribution in [3.63, 3.8) is 0 Å². The highest BCUT2D eigenvalue weighted by atomic mass is 79.9. The van der Waals surface area contributed by atoms with E-state index in [1.54, 1.807) is 0 Å². The number of ether oxygens (including phenoxy) is 2. The summed E-state index contributed by atoms with van der Waals surface area (Å²) in [7, 11) is 0. The molecule has 162 valence electrons. The highest BCUT2D eigenvalue weighted by molar-refractivity contribution is 9.11. The molecule has 0 spiro atoms. The Morgan fingerprint density at radius 3 is 2.93 bits per heavy atom. The Hall–Kier alpha value is -2.27. The molecule has 1 aromatic rings. The van der Waals surface area contributed by atoms with Crippen molar-refractivity contribution in [1.29, 1.82) is 0 Å². The molecule has 1 atom stereocenters. The zero-order valence-corrected chi connectivity index (χ0v) is 19.2. The van der Waals surface area contributed by atoms with Crippen LogP contribution in [0.3, 0.4) is 0 Å². The molecule has 0 radical (unpaired) electrons. The van der Waals surface area contributed by atoms with Gasteiger partial charge in [-0.05, 0) is 67.0 Å². The van der Waals surface area contributed by atoms with Gasteiger partial charge in [-0.1, -0.05) is 25.0 Å². The lowest BCUT2D eigenvalue weighted by atomic mass is 10.2. The van der Waals surface area contributed by atoms with Gasteiger partial charge < -0.3 is 24.8 Å². The molecule has 1 fully saturated rings. The predicted molar refractivity (Wildman–Crippen MR) is 126 cm³/mol. The molecule has 0 bridgehead atoms. The average Bonchev–Trinajstić information content (AvgIpc) is 2.70. The lowest BCUT2D eigenvalue weighted by Crippen LogP contribution is -2.43. The molecule has 0 amide bonds. The van der Waals surface area contributed by atoms with Gasteiger partial charge in [0.05, 0.1) is 4.48 Å². The summed E-state index contributed by atoms with van der Waals surface area (Å²) in [5.41, 5.74) is 0.822. The Kier molecular flexibility index (Phi) is 10.5. The van der Waals surface area contributed by atoms with Gasteiger partial charge in [-0.25, -0.2) is 0 Å². The number of benzene rings is 1. The molecule has 1 aliphatic heterocycles. The number of hydrogen-bond acceptors (Lipinski definition) is 5. The van der Waals surface area contributed by atoms with Crippen LogP contribution in [0.2, 0.25) is 0 Å². The molecular weight excluding hydrogens is 446 g/mol. The van der Waals surface area contributed by atoms with Crippen LogP contribution < -0.4 is 10.1 Å². The van der Waals surface area contributed by atoms with Crippen molar-refractivity contribution < 1.29 is 14.6 Å². The SMILES string of the molecule is C#CCOC(/N=C(\C)Nc1cccc(OCC(O)CN2CCC2)c1)=C(Br)/C=C/CC. The molecular formula is C23H30BrN3O3. The van der Waals surface area contributed by atoms with E-state index >= 15 is 0 Å². The van der Waals surface area contributed by atoms with E-state index in [4.69, 9.17) is 15.9 Å². The Balaban J connectivity index is 1.98. The van der Waals surface area contributed by atoms with Gasteiger partial charge in [0.15, 0.2) is 6.61 Å². The number of nitrogens with one attached hydrogen (secondary N) is 1. The minimum absolute atomic E-state index is 0.129. The van der Waals surface area contributed by atoms with E-state index < -0.39 is 6.10 Å². The van der Waals surface area contributed by atoms with Crippen molar-refractivity contribution in [2.45, 2.75) is 32.8 Å². The summed E-state index contributed by atoms with van der Waals surface area (Å²) in [6.45, 7) is 7.04. The first kappa shape index (κ1) is 24.0. The molecule has 30 heavy (non-hydrogen) atoms. The normalized spacial score (nSPS) is 16.4. The highest BCUT2D eigenvalue weighted by Gasteiger charge is 2.17. The largest absolute Gasteiger partial charge is 0.491 e. The van der Waals surface area contributed by atoms with E-state index in [1.165, 1.54) is 6.42 Å². The molecule has 1 aromatic carbocycles. The molecule has 1 unspecified atom stereocenters. The van der Waals surface area contributed by atoms with Gasteiger partial charge in [0, 0.05) is 18.3 Å². The van der Waals surface area contributed by atoms with E-state index in [1.807, 2.05) is 50.3 Å². The van der Waals surface area contributed by atoms with Crippen molar-refractivity contribution >= 4 is 27.5 Å². The Bertz CT molecular complexity index is 810. The van der Waals surface area contributed by atoms with Gasteiger partial charge in [-0.15, -0.1) is 6.42 Å². The first-order chi connectivity index (χ1) is 14.5. The number of aliphatic imine (C=N–C) groups is 1. The number of aliphatic hydroxyl groups is 1. The fourth-order valence-electron chi connectivity index (χ4n) is 2.72. The van der Waals surface area contributed by atoms with Crippen LogP contribution in [-0.2, 0) is 4.74 Å². The standard InChI is InChI=1S/C23H30BrN3O3/c1-4-6-11-22(24)23(29-14-5-2)26-18(3)25-19-9-7-10-21(15-19)30-17-20(28)16-27-12-8-13-27/h2,6-7,9-11,15,20,28H,4,8,12-14,16-17H2,1,3H3,(H,25,26)/b11-6+,23-22-. The van der Waals surface area contributed by atoms with Gasteiger partial charge in [0.25, 0.3) is 0 Å². The van der Waals surface area contributed by atoms with Crippen molar-refractivity contribution in [3.05, 3.63) is 46.8 Å². The summed E-state index contributed by atoms with van der Waals surface area (Å²) in [6, 6.07) is 7.53. The Morgan fingerprint density at radius 1 is 1.47 bits per heavy atom. The quantitative estimate of drug-likeness (QED) is 0.165. The highest BCUT2D eigenvalue weighted by Crippen LogP contribution is 2.20. The van der Waals surface area contributed by atoms with Crippen molar-refractivity contribution in [1.82, 2.24) is 4.90 Å². The fourth-order valence-corrected chi connectivity index (χ4v) is 3.11. The first-order valence-electron chi connectivity index (χ1n) is 10.1. The number of likely N-dealkylation sites (tertiary alicyclic amines) is 1. The van der Waals surface area contributed by atoms with Crippen LogP contribution in [0.4, 0.5) is 5.69 Å².